The van der Waals surface area contributed by atoms with E-state index in [4.69, 9.17) is 17.2 Å². The smallest absolute Gasteiger partial charge is 0.269 e. The van der Waals surface area contributed by atoms with Gasteiger partial charge in [-0.1, -0.05) is 0 Å². The fourth-order valence-electron chi connectivity index (χ4n) is 1.12. The average Bonchev–Trinajstić information content (AvgIpc) is 2.17. The van der Waals surface area contributed by atoms with Crippen LogP contribution in [0, 0.1) is 10.1 Å². The normalized spacial score (nSPS) is 12.4. The molecule has 6 nitrogen and oxygen atoms in total. The van der Waals surface area contributed by atoms with Crippen molar-refractivity contribution in [2.75, 3.05) is 12.3 Å². The van der Waals surface area contributed by atoms with Gasteiger partial charge in [0.2, 0.25) is 0 Å². The van der Waals surface area contributed by atoms with Crippen molar-refractivity contribution in [2.45, 2.75) is 6.04 Å². The van der Waals surface area contributed by atoms with Crippen LogP contribution < -0.4 is 17.2 Å². The third kappa shape index (κ3) is 1.98. The summed E-state index contributed by atoms with van der Waals surface area (Å²) >= 11 is 0. The number of rotatable bonds is 3. The Kier molecular flexibility index (Phi) is 3.00. The summed E-state index contributed by atoms with van der Waals surface area (Å²) in [5.41, 5.74) is 17.5. The van der Waals surface area contributed by atoms with Gasteiger partial charge in [0.15, 0.2) is 0 Å². The van der Waals surface area contributed by atoms with Crippen LogP contribution in [0.1, 0.15) is 11.6 Å². The van der Waals surface area contributed by atoms with Gasteiger partial charge in [-0.15, -0.1) is 0 Å². The fourth-order valence-corrected chi connectivity index (χ4v) is 1.12. The number of benzene rings is 1. The van der Waals surface area contributed by atoms with Gasteiger partial charge in [-0.05, 0) is 11.6 Å². The minimum absolute atomic E-state index is 0.0295. The van der Waals surface area contributed by atoms with E-state index in [1.54, 1.807) is 0 Å². The molecule has 0 radical (unpaired) electrons. The SMILES string of the molecule is NC[C@H](N)c1cc([N+](=O)[O-])ccc1N. The van der Waals surface area contributed by atoms with Crippen LogP contribution in [0.4, 0.5) is 11.4 Å². The lowest BCUT2D eigenvalue weighted by atomic mass is 10.1. The summed E-state index contributed by atoms with van der Waals surface area (Å²) < 4.78 is 0. The van der Waals surface area contributed by atoms with E-state index in [1.807, 2.05) is 0 Å². The van der Waals surface area contributed by atoms with Gasteiger partial charge in [-0.25, -0.2) is 0 Å². The highest BCUT2D eigenvalue weighted by atomic mass is 16.6. The Morgan fingerprint density at radius 1 is 1.50 bits per heavy atom. The first kappa shape index (κ1) is 10.4. The van der Waals surface area contributed by atoms with Gasteiger partial charge in [0.25, 0.3) is 5.69 Å². The summed E-state index contributed by atoms with van der Waals surface area (Å²) in [7, 11) is 0. The van der Waals surface area contributed by atoms with Crippen molar-refractivity contribution in [2.24, 2.45) is 11.5 Å². The van der Waals surface area contributed by atoms with Crippen LogP contribution in [-0.2, 0) is 0 Å². The fraction of sp³-hybridized carbons (Fsp3) is 0.250. The van der Waals surface area contributed by atoms with E-state index in [1.165, 1.54) is 18.2 Å². The minimum Gasteiger partial charge on any atom is -0.398 e. The van der Waals surface area contributed by atoms with Crippen LogP contribution in [0.5, 0.6) is 0 Å². The summed E-state index contributed by atoms with van der Waals surface area (Å²) in [6.45, 7) is 0.200. The number of nitrogen functional groups attached to an aromatic ring is 1. The van der Waals surface area contributed by atoms with Crippen molar-refractivity contribution >= 4 is 11.4 Å². The number of nitro benzene ring substituents is 1. The summed E-state index contributed by atoms with van der Waals surface area (Å²) in [5, 5.41) is 10.5. The van der Waals surface area contributed by atoms with Crippen LogP contribution in [0.3, 0.4) is 0 Å². The Labute approximate surface area is 80.8 Å². The highest BCUT2D eigenvalue weighted by Crippen LogP contribution is 2.23. The Hall–Kier alpha value is -1.66. The molecule has 0 unspecified atom stereocenters. The third-order valence-corrected chi connectivity index (χ3v) is 1.93. The Balaban J connectivity index is 3.14. The molecule has 1 atom stereocenters. The largest absolute Gasteiger partial charge is 0.398 e. The molecule has 1 aromatic rings. The summed E-state index contributed by atoms with van der Waals surface area (Å²) in [6.07, 6.45) is 0. The van der Waals surface area contributed by atoms with Crippen molar-refractivity contribution in [1.82, 2.24) is 0 Å². The second kappa shape index (κ2) is 4.03. The number of nitrogens with zero attached hydrogens (tertiary/aromatic N) is 1. The second-order valence-electron chi connectivity index (χ2n) is 2.91. The van der Waals surface area contributed by atoms with E-state index in [9.17, 15) is 10.1 Å². The van der Waals surface area contributed by atoms with Crippen molar-refractivity contribution in [1.29, 1.82) is 0 Å². The van der Waals surface area contributed by atoms with Crippen LogP contribution in [-0.4, -0.2) is 11.5 Å². The van der Waals surface area contributed by atoms with Gasteiger partial charge in [0.1, 0.15) is 0 Å². The monoisotopic (exact) mass is 196 g/mol. The molecule has 1 aromatic carbocycles. The number of hydrogen-bond donors (Lipinski definition) is 3. The number of nitro groups is 1. The van der Waals surface area contributed by atoms with E-state index in [0.717, 1.165) is 0 Å². The molecule has 6 N–H and O–H groups in total. The average molecular weight is 196 g/mol. The summed E-state index contributed by atoms with van der Waals surface area (Å²) in [4.78, 5) is 9.97. The highest BCUT2D eigenvalue weighted by Gasteiger charge is 2.13. The predicted octanol–water partition coefficient (Wildman–Crippen LogP) is 0.135. The Bertz CT molecular complexity index is 353. The zero-order valence-corrected chi connectivity index (χ0v) is 7.51. The molecule has 0 spiro atoms. The molecule has 0 saturated heterocycles. The van der Waals surface area contributed by atoms with Gasteiger partial charge in [0.05, 0.1) is 4.92 Å². The lowest BCUT2D eigenvalue weighted by molar-refractivity contribution is -0.384. The molecule has 76 valence electrons. The second-order valence-corrected chi connectivity index (χ2v) is 2.91. The Morgan fingerprint density at radius 2 is 2.14 bits per heavy atom. The van der Waals surface area contributed by atoms with Crippen molar-refractivity contribution < 1.29 is 4.92 Å². The van der Waals surface area contributed by atoms with E-state index in [2.05, 4.69) is 0 Å². The van der Waals surface area contributed by atoms with E-state index >= 15 is 0 Å². The van der Waals surface area contributed by atoms with Gasteiger partial charge in [-0.2, -0.15) is 0 Å². The number of non-ortho nitro benzene ring substituents is 1. The highest BCUT2D eigenvalue weighted by molar-refractivity contribution is 5.54. The lowest BCUT2D eigenvalue weighted by Gasteiger charge is -2.11. The molecule has 0 bridgehead atoms. The molecule has 0 aliphatic rings. The van der Waals surface area contributed by atoms with E-state index < -0.39 is 11.0 Å². The molecule has 0 aliphatic heterocycles. The van der Waals surface area contributed by atoms with Crippen molar-refractivity contribution in [3.8, 4) is 0 Å². The van der Waals surface area contributed by atoms with Gasteiger partial charge < -0.3 is 17.2 Å². The van der Waals surface area contributed by atoms with Gasteiger partial charge >= 0.3 is 0 Å². The van der Waals surface area contributed by atoms with Crippen LogP contribution in [0.15, 0.2) is 18.2 Å². The molecule has 0 amide bonds. The van der Waals surface area contributed by atoms with Crippen molar-refractivity contribution in [3.63, 3.8) is 0 Å². The number of hydrogen-bond acceptors (Lipinski definition) is 5. The summed E-state index contributed by atoms with van der Waals surface area (Å²) in [6, 6.07) is 3.69. The number of anilines is 1. The first-order valence-electron chi connectivity index (χ1n) is 4.05. The maximum absolute atomic E-state index is 10.5. The molecule has 0 aromatic heterocycles. The molecule has 0 aliphatic carbocycles. The molecule has 0 fully saturated rings. The standard InChI is InChI=1S/C8H12N4O2/c9-4-8(11)6-3-5(12(13)14)1-2-7(6)10/h1-3,8H,4,9-11H2/t8-/m0/s1. The Morgan fingerprint density at radius 3 is 2.64 bits per heavy atom. The van der Waals surface area contributed by atoms with Gasteiger partial charge in [0, 0.05) is 30.4 Å². The molecular weight excluding hydrogens is 184 g/mol. The quantitative estimate of drug-likeness (QED) is 0.360. The minimum atomic E-state index is -0.494. The van der Waals surface area contributed by atoms with E-state index in [-0.39, 0.29) is 12.2 Å². The van der Waals surface area contributed by atoms with Crippen molar-refractivity contribution in [3.05, 3.63) is 33.9 Å². The first-order chi connectivity index (χ1) is 6.56. The molecular formula is C8H12N4O2. The van der Waals surface area contributed by atoms with Gasteiger partial charge in [-0.3, -0.25) is 10.1 Å². The zero-order chi connectivity index (χ0) is 10.7. The predicted molar refractivity (Wildman–Crippen MR) is 53.5 cm³/mol. The molecule has 0 heterocycles. The molecule has 1 rings (SSSR count). The van der Waals surface area contributed by atoms with Crippen LogP contribution >= 0.6 is 0 Å². The topological polar surface area (TPSA) is 121 Å². The molecule has 0 saturated carbocycles. The maximum atomic E-state index is 10.5. The van der Waals surface area contributed by atoms with Crippen LogP contribution in [0.25, 0.3) is 0 Å². The maximum Gasteiger partial charge on any atom is 0.269 e. The van der Waals surface area contributed by atoms with E-state index in [0.29, 0.717) is 11.3 Å². The summed E-state index contributed by atoms with van der Waals surface area (Å²) in [5.74, 6) is 0. The van der Waals surface area contributed by atoms with Crippen LogP contribution in [0.2, 0.25) is 0 Å². The molecule has 6 heteroatoms. The number of nitrogens with two attached hydrogens (primary N) is 3. The lowest BCUT2D eigenvalue weighted by Crippen LogP contribution is -2.21. The zero-order valence-electron chi connectivity index (χ0n) is 7.51. The third-order valence-electron chi connectivity index (χ3n) is 1.93. The first-order valence-corrected chi connectivity index (χ1v) is 4.05. The molecule has 14 heavy (non-hydrogen) atoms.